The number of nitrogens with zero attached hydrogens (tertiary/aromatic N) is 5. The van der Waals surface area contributed by atoms with Gasteiger partial charge in [-0.1, -0.05) is 35.9 Å². The number of benzene rings is 2. The molecule has 1 atom stereocenters. The molecule has 0 aliphatic carbocycles. The van der Waals surface area contributed by atoms with Gasteiger partial charge in [0.25, 0.3) is 5.91 Å². The first-order valence-electron chi connectivity index (χ1n) is 8.70. The molecule has 2 aromatic carbocycles. The summed E-state index contributed by atoms with van der Waals surface area (Å²) in [6.45, 7) is 3.36. The molecule has 1 aliphatic rings. The molecule has 1 amide bonds. The number of hydrogen-bond donors (Lipinski definition) is 1. The molecule has 1 aromatic heterocycles. The number of nitrogens with one attached hydrogen (secondary N) is 1. The maximum atomic E-state index is 13.3. The van der Waals surface area contributed by atoms with E-state index in [2.05, 4.69) is 27.7 Å². The molecule has 0 saturated heterocycles. The minimum absolute atomic E-state index is 0.123. The number of halogens is 1. The van der Waals surface area contributed by atoms with E-state index in [4.69, 9.17) is 11.6 Å². The SMILES string of the molecule is C[C@@H]1CN(C(=O)c2ccc(-c3nnn(C)n3)cc2Cl)c2ccccc2CN1. The fraction of sp³-hybridized carbons (Fsp3) is 0.263. The number of para-hydroxylation sites is 1. The summed E-state index contributed by atoms with van der Waals surface area (Å²) in [5.41, 5.74) is 3.17. The predicted octanol–water partition coefficient (Wildman–Crippen LogP) is 2.67. The van der Waals surface area contributed by atoms with Crippen molar-refractivity contribution >= 4 is 23.2 Å². The normalized spacial score (nSPS) is 16.7. The Bertz CT molecular complexity index is 1000. The molecule has 0 fully saturated rings. The molecule has 27 heavy (non-hydrogen) atoms. The van der Waals surface area contributed by atoms with Gasteiger partial charge in [0, 0.05) is 30.4 Å². The molecule has 138 valence electrons. The van der Waals surface area contributed by atoms with E-state index in [0.717, 1.165) is 23.4 Å². The van der Waals surface area contributed by atoms with E-state index < -0.39 is 0 Å². The molecule has 8 heteroatoms. The Morgan fingerprint density at radius 1 is 1.26 bits per heavy atom. The van der Waals surface area contributed by atoms with Crippen molar-refractivity contribution in [3.63, 3.8) is 0 Å². The predicted molar refractivity (Wildman–Crippen MR) is 104 cm³/mol. The van der Waals surface area contributed by atoms with Crippen molar-refractivity contribution in [3.05, 3.63) is 58.6 Å². The highest BCUT2D eigenvalue weighted by molar-refractivity contribution is 6.34. The van der Waals surface area contributed by atoms with Crippen LogP contribution in [0.15, 0.2) is 42.5 Å². The topological polar surface area (TPSA) is 75.9 Å². The second kappa shape index (κ2) is 7.09. The smallest absolute Gasteiger partial charge is 0.259 e. The van der Waals surface area contributed by atoms with Gasteiger partial charge in [-0.15, -0.1) is 10.2 Å². The minimum atomic E-state index is -0.123. The highest BCUT2D eigenvalue weighted by Crippen LogP contribution is 2.29. The first-order valence-corrected chi connectivity index (χ1v) is 9.08. The number of fused-ring (bicyclic) bond motifs is 1. The van der Waals surface area contributed by atoms with E-state index in [9.17, 15) is 4.79 Å². The highest BCUT2D eigenvalue weighted by Gasteiger charge is 2.26. The van der Waals surface area contributed by atoms with Gasteiger partial charge < -0.3 is 10.2 Å². The molecule has 3 aromatic rings. The molecule has 4 rings (SSSR count). The highest BCUT2D eigenvalue weighted by atomic mass is 35.5. The van der Waals surface area contributed by atoms with Crippen LogP contribution in [0, 0.1) is 0 Å². The summed E-state index contributed by atoms with van der Waals surface area (Å²) in [4.78, 5) is 16.5. The van der Waals surface area contributed by atoms with E-state index in [1.54, 1.807) is 30.1 Å². The molecular weight excluding hydrogens is 364 g/mol. The van der Waals surface area contributed by atoms with Crippen LogP contribution in [0.1, 0.15) is 22.8 Å². The van der Waals surface area contributed by atoms with Crippen molar-refractivity contribution in [1.29, 1.82) is 0 Å². The van der Waals surface area contributed by atoms with E-state index in [-0.39, 0.29) is 11.9 Å². The summed E-state index contributed by atoms with van der Waals surface area (Å²) in [7, 11) is 1.70. The zero-order valence-corrected chi connectivity index (χ0v) is 15.8. The van der Waals surface area contributed by atoms with Crippen LogP contribution in [-0.4, -0.2) is 38.7 Å². The molecule has 2 heterocycles. The molecule has 1 N–H and O–H groups in total. The average Bonchev–Trinajstić information content (AvgIpc) is 3.03. The molecular formula is C19H19ClN6O. The first-order chi connectivity index (χ1) is 13.0. The lowest BCUT2D eigenvalue weighted by Crippen LogP contribution is -2.39. The maximum Gasteiger partial charge on any atom is 0.259 e. The van der Waals surface area contributed by atoms with Crippen LogP contribution in [0.5, 0.6) is 0 Å². The van der Waals surface area contributed by atoms with Gasteiger partial charge in [-0.3, -0.25) is 4.79 Å². The summed E-state index contributed by atoms with van der Waals surface area (Å²) < 4.78 is 0. The van der Waals surface area contributed by atoms with Crippen LogP contribution < -0.4 is 10.2 Å². The number of aromatic nitrogens is 4. The van der Waals surface area contributed by atoms with Gasteiger partial charge in [-0.25, -0.2) is 0 Å². The quantitative estimate of drug-likeness (QED) is 0.737. The van der Waals surface area contributed by atoms with Gasteiger partial charge in [0.15, 0.2) is 0 Å². The van der Waals surface area contributed by atoms with Gasteiger partial charge in [-0.2, -0.15) is 4.80 Å². The van der Waals surface area contributed by atoms with Crippen molar-refractivity contribution in [2.24, 2.45) is 7.05 Å². The molecule has 0 bridgehead atoms. The largest absolute Gasteiger partial charge is 0.308 e. The lowest BCUT2D eigenvalue weighted by atomic mass is 10.1. The van der Waals surface area contributed by atoms with E-state index in [1.165, 1.54) is 4.80 Å². The molecule has 0 radical (unpaired) electrons. The molecule has 7 nitrogen and oxygen atoms in total. The Morgan fingerprint density at radius 3 is 2.81 bits per heavy atom. The second-order valence-corrected chi connectivity index (χ2v) is 7.03. The van der Waals surface area contributed by atoms with Crippen molar-refractivity contribution in [1.82, 2.24) is 25.5 Å². The van der Waals surface area contributed by atoms with Gasteiger partial charge in [0.2, 0.25) is 5.82 Å². The third kappa shape index (κ3) is 3.43. The lowest BCUT2D eigenvalue weighted by Gasteiger charge is -2.25. The molecule has 0 unspecified atom stereocenters. The number of anilines is 1. The van der Waals surface area contributed by atoms with E-state index in [1.807, 2.05) is 24.3 Å². The van der Waals surface area contributed by atoms with Crippen molar-refractivity contribution in [3.8, 4) is 11.4 Å². The number of aryl methyl sites for hydroxylation is 1. The lowest BCUT2D eigenvalue weighted by molar-refractivity contribution is 0.0985. The molecule has 1 aliphatic heterocycles. The number of tetrazole rings is 1. The zero-order chi connectivity index (χ0) is 19.0. The third-order valence-electron chi connectivity index (χ3n) is 4.59. The van der Waals surface area contributed by atoms with Crippen LogP contribution in [0.3, 0.4) is 0 Å². The summed E-state index contributed by atoms with van der Waals surface area (Å²) >= 11 is 6.46. The first kappa shape index (κ1) is 17.6. The Balaban J connectivity index is 1.70. The average molecular weight is 383 g/mol. The van der Waals surface area contributed by atoms with Crippen LogP contribution in [0.2, 0.25) is 5.02 Å². The number of amides is 1. The van der Waals surface area contributed by atoms with Crippen LogP contribution in [-0.2, 0) is 13.6 Å². The summed E-state index contributed by atoms with van der Waals surface area (Å²) in [6, 6.07) is 13.3. The Morgan fingerprint density at radius 2 is 2.07 bits per heavy atom. The van der Waals surface area contributed by atoms with Gasteiger partial charge in [0.05, 0.1) is 17.6 Å². The Hall–Kier alpha value is -2.77. The summed E-state index contributed by atoms with van der Waals surface area (Å²) in [5, 5.41) is 15.8. The summed E-state index contributed by atoms with van der Waals surface area (Å²) in [6.07, 6.45) is 0. The van der Waals surface area contributed by atoms with Crippen molar-refractivity contribution in [2.45, 2.75) is 19.5 Å². The van der Waals surface area contributed by atoms with Crippen LogP contribution in [0.25, 0.3) is 11.4 Å². The zero-order valence-electron chi connectivity index (χ0n) is 15.1. The Kier molecular flexibility index (Phi) is 4.63. The third-order valence-corrected chi connectivity index (χ3v) is 4.90. The second-order valence-electron chi connectivity index (χ2n) is 6.62. The van der Waals surface area contributed by atoms with Crippen molar-refractivity contribution in [2.75, 3.05) is 11.4 Å². The van der Waals surface area contributed by atoms with E-state index in [0.29, 0.717) is 23.0 Å². The Labute approximate surface area is 161 Å². The number of rotatable bonds is 2. The fourth-order valence-electron chi connectivity index (χ4n) is 3.21. The van der Waals surface area contributed by atoms with Gasteiger partial charge >= 0.3 is 0 Å². The monoisotopic (exact) mass is 382 g/mol. The minimum Gasteiger partial charge on any atom is -0.308 e. The maximum absolute atomic E-state index is 13.3. The number of carbonyl (C=O) groups excluding carboxylic acids is 1. The summed E-state index contributed by atoms with van der Waals surface area (Å²) in [5.74, 6) is 0.345. The van der Waals surface area contributed by atoms with E-state index >= 15 is 0 Å². The van der Waals surface area contributed by atoms with Gasteiger partial charge in [0.1, 0.15) is 0 Å². The molecule has 0 saturated carbocycles. The fourth-order valence-corrected chi connectivity index (χ4v) is 3.47. The van der Waals surface area contributed by atoms with Crippen molar-refractivity contribution < 1.29 is 4.79 Å². The van der Waals surface area contributed by atoms with Crippen LogP contribution in [0.4, 0.5) is 5.69 Å². The van der Waals surface area contributed by atoms with Gasteiger partial charge in [-0.05, 0) is 35.9 Å². The standard InChI is InChI=1S/C19H19ClN6O/c1-12-11-26(17-6-4-3-5-14(17)10-21-12)19(27)15-8-7-13(9-16(15)20)18-22-24-25(2)23-18/h3-9,12,21H,10-11H2,1-2H3/t12-/m1/s1. The molecule has 0 spiro atoms. The number of carbonyl (C=O) groups is 1. The number of hydrogen-bond acceptors (Lipinski definition) is 5. The van der Waals surface area contributed by atoms with Crippen LogP contribution >= 0.6 is 11.6 Å².